The molecule has 0 aliphatic carbocycles. The molecule has 0 heterocycles. The minimum absolute atomic E-state index is 0.550. The van der Waals surface area contributed by atoms with Gasteiger partial charge in [0, 0.05) is 5.69 Å². The van der Waals surface area contributed by atoms with Crippen molar-refractivity contribution in [2.75, 3.05) is 5.32 Å². The number of para-hydroxylation sites is 1. The number of rotatable bonds is 3. The maximum absolute atomic E-state index is 3.65. The summed E-state index contributed by atoms with van der Waals surface area (Å²) in [6.45, 7) is 8.01. The minimum Gasteiger partial charge on any atom is -0.362 e. The van der Waals surface area contributed by atoms with E-state index < -0.39 is 0 Å². The van der Waals surface area contributed by atoms with Crippen LogP contribution in [0.5, 0.6) is 0 Å². The molecule has 1 rings (SSSR count). The molecule has 0 aliphatic rings. The molecular weight excluding hydrogens is 146 g/mol. The van der Waals surface area contributed by atoms with Crippen LogP contribution in [0.15, 0.2) is 37.0 Å². The van der Waals surface area contributed by atoms with Gasteiger partial charge in [0.2, 0.25) is 0 Å². The van der Waals surface area contributed by atoms with Gasteiger partial charge in [0.15, 0.2) is 0 Å². The number of hydrogen-bond donors (Lipinski definition) is 1. The van der Waals surface area contributed by atoms with Crippen molar-refractivity contribution in [3.8, 4) is 0 Å². The Kier molecular flexibility index (Phi) is 2.92. The highest BCUT2D eigenvalue weighted by Gasteiger charge is 2.02. The van der Waals surface area contributed by atoms with E-state index in [0.717, 1.165) is 5.69 Å². The summed E-state index contributed by atoms with van der Waals surface area (Å²) in [5.74, 6) is 0.550. The molecule has 0 saturated heterocycles. The first-order valence-corrected chi connectivity index (χ1v) is 4.22. The molecule has 0 spiro atoms. The van der Waals surface area contributed by atoms with Crippen LogP contribution >= 0.6 is 0 Å². The molecule has 0 aromatic heterocycles. The Hall–Kier alpha value is -1.24. The highest BCUT2D eigenvalue weighted by atomic mass is 14.8. The Morgan fingerprint density at radius 3 is 2.58 bits per heavy atom. The zero-order valence-corrected chi connectivity index (χ0v) is 7.67. The zero-order chi connectivity index (χ0) is 8.97. The van der Waals surface area contributed by atoms with Crippen molar-refractivity contribution in [2.24, 2.45) is 0 Å². The number of anilines is 1. The van der Waals surface area contributed by atoms with Crippen LogP contribution in [0.25, 0.3) is 0 Å². The second-order valence-electron chi connectivity index (χ2n) is 3.09. The minimum atomic E-state index is 0.550. The highest BCUT2D eigenvalue weighted by molar-refractivity contribution is 5.53. The molecule has 1 heteroatoms. The van der Waals surface area contributed by atoms with Crippen LogP contribution in [-0.4, -0.2) is 0 Å². The van der Waals surface area contributed by atoms with Gasteiger partial charge in [0.05, 0.1) is 0 Å². The molecule has 1 nitrogen and oxygen atoms in total. The third kappa shape index (κ3) is 1.88. The Morgan fingerprint density at radius 1 is 1.33 bits per heavy atom. The molecule has 64 valence electrons. The maximum atomic E-state index is 3.65. The number of hydrogen-bond acceptors (Lipinski definition) is 1. The van der Waals surface area contributed by atoms with E-state index in [1.165, 1.54) is 5.56 Å². The molecule has 0 atom stereocenters. The lowest BCUT2D eigenvalue weighted by atomic mass is 10.0. The first-order chi connectivity index (χ1) is 5.75. The Morgan fingerprint density at radius 2 is 2.00 bits per heavy atom. The van der Waals surface area contributed by atoms with E-state index in [-0.39, 0.29) is 0 Å². The van der Waals surface area contributed by atoms with E-state index in [4.69, 9.17) is 0 Å². The molecular formula is C11H15N. The molecule has 0 bridgehead atoms. The summed E-state index contributed by atoms with van der Waals surface area (Å²) >= 11 is 0. The fourth-order valence-electron chi connectivity index (χ4n) is 1.24. The van der Waals surface area contributed by atoms with E-state index in [9.17, 15) is 0 Å². The summed E-state index contributed by atoms with van der Waals surface area (Å²) in [6.07, 6.45) is 1.71. The van der Waals surface area contributed by atoms with Crippen molar-refractivity contribution in [3.63, 3.8) is 0 Å². The topological polar surface area (TPSA) is 12.0 Å². The van der Waals surface area contributed by atoms with E-state index in [1.807, 2.05) is 6.07 Å². The Balaban J connectivity index is 2.99. The fourth-order valence-corrected chi connectivity index (χ4v) is 1.24. The van der Waals surface area contributed by atoms with Gasteiger partial charge in [-0.1, -0.05) is 38.6 Å². The van der Waals surface area contributed by atoms with Gasteiger partial charge in [-0.15, -0.1) is 0 Å². The van der Waals surface area contributed by atoms with Crippen LogP contribution in [0.3, 0.4) is 0 Å². The van der Waals surface area contributed by atoms with Gasteiger partial charge in [0.1, 0.15) is 0 Å². The molecule has 0 aliphatic heterocycles. The van der Waals surface area contributed by atoms with Gasteiger partial charge in [-0.3, -0.25) is 0 Å². The predicted molar refractivity (Wildman–Crippen MR) is 54.4 cm³/mol. The summed E-state index contributed by atoms with van der Waals surface area (Å²) < 4.78 is 0. The van der Waals surface area contributed by atoms with Gasteiger partial charge in [-0.05, 0) is 23.7 Å². The van der Waals surface area contributed by atoms with E-state index in [0.29, 0.717) is 5.92 Å². The number of benzene rings is 1. The lowest BCUT2D eigenvalue weighted by Crippen LogP contribution is -1.95. The quantitative estimate of drug-likeness (QED) is 0.716. The molecule has 0 fully saturated rings. The van der Waals surface area contributed by atoms with Crippen molar-refractivity contribution in [1.29, 1.82) is 0 Å². The van der Waals surface area contributed by atoms with Gasteiger partial charge in [0.25, 0.3) is 0 Å². The molecule has 1 N–H and O–H groups in total. The maximum Gasteiger partial charge on any atom is 0.0414 e. The van der Waals surface area contributed by atoms with Crippen molar-refractivity contribution in [1.82, 2.24) is 0 Å². The standard InChI is InChI=1S/C11H15N/c1-4-12-11-8-6-5-7-10(11)9(2)3/h4-9,12H,1H2,2-3H3. The zero-order valence-electron chi connectivity index (χ0n) is 7.67. The fraction of sp³-hybridized carbons (Fsp3) is 0.273. The monoisotopic (exact) mass is 161 g/mol. The van der Waals surface area contributed by atoms with E-state index in [2.05, 4.69) is 43.9 Å². The predicted octanol–water partition coefficient (Wildman–Crippen LogP) is 3.37. The smallest absolute Gasteiger partial charge is 0.0414 e. The lowest BCUT2D eigenvalue weighted by molar-refractivity contribution is 0.869. The van der Waals surface area contributed by atoms with Crippen LogP contribution in [0, 0.1) is 0 Å². The molecule has 0 unspecified atom stereocenters. The van der Waals surface area contributed by atoms with Gasteiger partial charge < -0.3 is 5.32 Å². The van der Waals surface area contributed by atoms with Crippen molar-refractivity contribution < 1.29 is 0 Å². The van der Waals surface area contributed by atoms with Gasteiger partial charge in [-0.2, -0.15) is 0 Å². The third-order valence-corrected chi connectivity index (χ3v) is 1.84. The van der Waals surface area contributed by atoms with Gasteiger partial charge in [-0.25, -0.2) is 0 Å². The van der Waals surface area contributed by atoms with Crippen LogP contribution < -0.4 is 5.32 Å². The Bertz CT molecular complexity index is 263. The first kappa shape index (κ1) is 8.85. The van der Waals surface area contributed by atoms with Crippen molar-refractivity contribution in [3.05, 3.63) is 42.6 Å². The highest BCUT2D eigenvalue weighted by Crippen LogP contribution is 2.23. The van der Waals surface area contributed by atoms with Crippen LogP contribution in [0.4, 0.5) is 5.69 Å². The lowest BCUT2D eigenvalue weighted by Gasteiger charge is -2.11. The van der Waals surface area contributed by atoms with Crippen LogP contribution in [0.1, 0.15) is 25.3 Å². The summed E-state index contributed by atoms with van der Waals surface area (Å²) in [5.41, 5.74) is 2.49. The van der Waals surface area contributed by atoms with Crippen LogP contribution in [0.2, 0.25) is 0 Å². The SMILES string of the molecule is C=CNc1ccccc1C(C)C. The summed E-state index contributed by atoms with van der Waals surface area (Å²) in [7, 11) is 0. The molecule has 1 aromatic rings. The van der Waals surface area contributed by atoms with Gasteiger partial charge >= 0.3 is 0 Å². The average Bonchev–Trinajstić information content (AvgIpc) is 2.05. The largest absolute Gasteiger partial charge is 0.362 e. The van der Waals surface area contributed by atoms with Crippen molar-refractivity contribution in [2.45, 2.75) is 19.8 Å². The summed E-state index contributed by atoms with van der Waals surface area (Å²) in [4.78, 5) is 0. The third-order valence-electron chi connectivity index (χ3n) is 1.84. The molecule has 0 radical (unpaired) electrons. The Labute approximate surface area is 74.1 Å². The molecule has 0 amide bonds. The molecule has 0 saturated carbocycles. The van der Waals surface area contributed by atoms with Crippen molar-refractivity contribution >= 4 is 5.69 Å². The number of nitrogens with one attached hydrogen (secondary N) is 1. The summed E-state index contributed by atoms with van der Waals surface area (Å²) in [5, 5.41) is 3.12. The van der Waals surface area contributed by atoms with Crippen LogP contribution in [-0.2, 0) is 0 Å². The van der Waals surface area contributed by atoms with E-state index >= 15 is 0 Å². The normalized spacial score (nSPS) is 9.92. The summed E-state index contributed by atoms with van der Waals surface area (Å²) in [6, 6.07) is 8.29. The molecule has 1 aromatic carbocycles. The second-order valence-corrected chi connectivity index (χ2v) is 3.09. The first-order valence-electron chi connectivity index (χ1n) is 4.22. The second kappa shape index (κ2) is 3.96. The molecule has 12 heavy (non-hydrogen) atoms. The van der Waals surface area contributed by atoms with E-state index in [1.54, 1.807) is 6.20 Å². The average molecular weight is 161 g/mol.